The van der Waals surface area contributed by atoms with Gasteiger partial charge in [0.2, 0.25) is 0 Å². The first-order chi connectivity index (χ1) is 9.72. The van der Waals surface area contributed by atoms with Gasteiger partial charge >= 0.3 is 0 Å². The molecule has 0 bridgehead atoms. The van der Waals surface area contributed by atoms with E-state index in [-0.39, 0.29) is 5.82 Å². The van der Waals surface area contributed by atoms with Gasteiger partial charge in [-0.25, -0.2) is 14.4 Å². The summed E-state index contributed by atoms with van der Waals surface area (Å²) in [5.74, 6) is 0.857. The fourth-order valence-corrected chi connectivity index (χ4v) is 2.05. The van der Waals surface area contributed by atoms with Gasteiger partial charge in [-0.15, -0.1) is 0 Å². The Kier molecular flexibility index (Phi) is 3.20. The number of anilines is 2. The van der Waals surface area contributed by atoms with Crippen LogP contribution in [0.2, 0.25) is 0 Å². The number of nitrogens with one attached hydrogen (secondary N) is 1. The van der Waals surface area contributed by atoms with Crippen LogP contribution < -0.4 is 11.1 Å². The van der Waals surface area contributed by atoms with Crippen molar-refractivity contribution >= 4 is 17.3 Å². The number of benzene rings is 1. The van der Waals surface area contributed by atoms with Crippen LogP contribution in [0.3, 0.4) is 0 Å². The Balaban J connectivity index is 1.70. The Morgan fingerprint density at radius 1 is 1.25 bits per heavy atom. The molecule has 0 amide bonds. The molecule has 0 aliphatic heterocycles. The van der Waals surface area contributed by atoms with Gasteiger partial charge in [0, 0.05) is 18.9 Å². The molecule has 102 valence electrons. The number of halogens is 1. The summed E-state index contributed by atoms with van der Waals surface area (Å²) >= 11 is 0. The molecule has 0 saturated heterocycles. The molecule has 0 radical (unpaired) electrons. The van der Waals surface area contributed by atoms with Crippen molar-refractivity contribution in [2.24, 2.45) is 0 Å². The van der Waals surface area contributed by atoms with E-state index in [9.17, 15) is 4.39 Å². The van der Waals surface area contributed by atoms with Crippen molar-refractivity contribution < 1.29 is 4.39 Å². The third-order valence-corrected chi connectivity index (χ3v) is 3.01. The lowest BCUT2D eigenvalue weighted by Gasteiger charge is -2.08. The molecular formula is C14H14FN5. The lowest BCUT2D eigenvalue weighted by molar-refractivity contribution is 0.627. The highest BCUT2D eigenvalue weighted by Gasteiger charge is 2.05. The second kappa shape index (κ2) is 5.16. The molecule has 2 aromatic heterocycles. The zero-order chi connectivity index (χ0) is 13.9. The second-order valence-corrected chi connectivity index (χ2v) is 4.48. The van der Waals surface area contributed by atoms with Crippen LogP contribution in [-0.4, -0.2) is 20.9 Å². The average Bonchev–Trinajstić information content (AvgIpc) is 2.89. The van der Waals surface area contributed by atoms with Gasteiger partial charge in [0.05, 0.1) is 6.20 Å². The zero-order valence-corrected chi connectivity index (χ0v) is 10.8. The van der Waals surface area contributed by atoms with E-state index in [2.05, 4.69) is 15.3 Å². The molecule has 20 heavy (non-hydrogen) atoms. The highest BCUT2D eigenvalue weighted by molar-refractivity contribution is 5.64. The summed E-state index contributed by atoms with van der Waals surface area (Å²) < 4.78 is 14.6. The summed E-state index contributed by atoms with van der Waals surface area (Å²) in [6, 6.07) is 6.46. The molecule has 0 atom stereocenters. The van der Waals surface area contributed by atoms with Gasteiger partial charge in [-0.05, 0) is 24.1 Å². The van der Waals surface area contributed by atoms with Gasteiger partial charge in [-0.3, -0.25) is 0 Å². The van der Waals surface area contributed by atoms with Crippen LogP contribution in [0.4, 0.5) is 16.0 Å². The highest BCUT2D eigenvalue weighted by atomic mass is 19.1. The smallest absolute Gasteiger partial charge is 0.180 e. The maximum atomic E-state index is 12.8. The van der Waals surface area contributed by atoms with Crippen LogP contribution in [0.1, 0.15) is 5.56 Å². The fraction of sp³-hybridized carbons (Fsp3) is 0.143. The van der Waals surface area contributed by atoms with E-state index in [0.717, 1.165) is 17.6 Å². The van der Waals surface area contributed by atoms with Gasteiger partial charge in [-0.2, -0.15) is 0 Å². The summed E-state index contributed by atoms with van der Waals surface area (Å²) in [5.41, 5.74) is 7.53. The van der Waals surface area contributed by atoms with Gasteiger partial charge < -0.3 is 15.5 Å². The molecule has 0 fully saturated rings. The van der Waals surface area contributed by atoms with Crippen molar-refractivity contribution in [3.63, 3.8) is 0 Å². The molecule has 0 aliphatic rings. The van der Waals surface area contributed by atoms with Crippen molar-refractivity contribution in [1.29, 1.82) is 0 Å². The number of nitrogen functional groups attached to an aromatic ring is 1. The maximum absolute atomic E-state index is 12.8. The molecule has 3 rings (SSSR count). The number of aromatic nitrogens is 3. The molecule has 5 nitrogen and oxygen atoms in total. The Bertz CT molecular complexity index is 720. The van der Waals surface area contributed by atoms with Gasteiger partial charge in [-0.1, -0.05) is 12.1 Å². The fourth-order valence-electron chi connectivity index (χ4n) is 2.05. The number of fused-ring (bicyclic) bond motifs is 1. The summed E-state index contributed by atoms with van der Waals surface area (Å²) in [4.78, 5) is 8.47. The van der Waals surface area contributed by atoms with Crippen LogP contribution in [0.5, 0.6) is 0 Å². The van der Waals surface area contributed by atoms with Crippen molar-refractivity contribution in [1.82, 2.24) is 14.4 Å². The molecule has 0 aliphatic carbocycles. The summed E-state index contributed by atoms with van der Waals surface area (Å²) in [5, 5.41) is 3.21. The summed E-state index contributed by atoms with van der Waals surface area (Å²) in [7, 11) is 0. The SMILES string of the molecule is Nc1cn2ccnc2c(NCCc2ccc(F)cc2)n1. The van der Waals surface area contributed by atoms with E-state index >= 15 is 0 Å². The molecule has 2 heterocycles. The molecule has 3 aromatic rings. The molecule has 6 heteroatoms. The highest BCUT2D eigenvalue weighted by Crippen LogP contribution is 2.14. The lowest BCUT2D eigenvalue weighted by Crippen LogP contribution is -2.09. The first-order valence-electron chi connectivity index (χ1n) is 6.30. The molecule has 0 unspecified atom stereocenters. The molecular weight excluding hydrogens is 257 g/mol. The summed E-state index contributed by atoms with van der Waals surface area (Å²) in [6.07, 6.45) is 6.00. The van der Waals surface area contributed by atoms with Crippen LogP contribution >= 0.6 is 0 Å². The number of hydrogen-bond donors (Lipinski definition) is 2. The van der Waals surface area contributed by atoms with Crippen molar-refractivity contribution in [3.8, 4) is 0 Å². The maximum Gasteiger partial charge on any atom is 0.180 e. The molecule has 1 aromatic carbocycles. The van der Waals surface area contributed by atoms with Gasteiger partial charge in [0.1, 0.15) is 11.6 Å². The van der Waals surface area contributed by atoms with Gasteiger partial charge in [0.15, 0.2) is 11.5 Å². The predicted molar refractivity (Wildman–Crippen MR) is 76.0 cm³/mol. The third-order valence-electron chi connectivity index (χ3n) is 3.01. The Labute approximate surface area is 115 Å². The minimum Gasteiger partial charge on any atom is -0.382 e. The van der Waals surface area contributed by atoms with E-state index in [0.29, 0.717) is 18.2 Å². The Morgan fingerprint density at radius 2 is 2.05 bits per heavy atom. The third kappa shape index (κ3) is 2.54. The Morgan fingerprint density at radius 3 is 2.85 bits per heavy atom. The topological polar surface area (TPSA) is 68.2 Å². The standard InChI is InChI=1S/C14H14FN5/c15-11-3-1-10(2-4-11)5-6-17-13-14-18-7-8-20(14)9-12(16)19-13/h1-4,7-9H,5-6,16H2,(H,17,19). The number of nitrogens with zero attached hydrogens (tertiary/aromatic N) is 3. The van der Waals surface area contributed by atoms with E-state index < -0.39 is 0 Å². The lowest BCUT2D eigenvalue weighted by atomic mass is 10.1. The largest absolute Gasteiger partial charge is 0.382 e. The second-order valence-electron chi connectivity index (χ2n) is 4.48. The Hall–Kier alpha value is -2.63. The first-order valence-corrected chi connectivity index (χ1v) is 6.30. The van der Waals surface area contributed by atoms with Gasteiger partial charge in [0.25, 0.3) is 0 Å². The number of nitrogens with two attached hydrogens (primary N) is 1. The minimum absolute atomic E-state index is 0.224. The van der Waals surface area contributed by atoms with Crippen LogP contribution in [0, 0.1) is 5.82 Å². The van der Waals surface area contributed by atoms with Crippen molar-refractivity contribution in [2.45, 2.75) is 6.42 Å². The minimum atomic E-state index is -0.224. The number of hydrogen-bond acceptors (Lipinski definition) is 4. The van der Waals surface area contributed by atoms with Crippen LogP contribution in [0.25, 0.3) is 5.65 Å². The monoisotopic (exact) mass is 271 g/mol. The predicted octanol–water partition coefficient (Wildman–Crippen LogP) is 2.11. The van der Waals surface area contributed by atoms with E-state index in [1.165, 1.54) is 12.1 Å². The van der Waals surface area contributed by atoms with Crippen LogP contribution in [-0.2, 0) is 6.42 Å². The molecule has 3 N–H and O–H groups in total. The molecule has 0 saturated carbocycles. The van der Waals surface area contributed by atoms with E-state index in [1.54, 1.807) is 24.5 Å². The number of rotatable bonds is 4. The van der Waals surface area contributed by atoms with E-state index in [4.69, 9.17) is 5.73 Å². The molecule has 0 spiro atoms. The quantitative estimate of drug-likeness (QED) is 0.762. The van der Waals surface area contributed by atoms with Crippen molar-refractivity contribution in [2.75, 3.05) is 17.6 Å². The van der Waals surface area contributed by atoms with Crippen molar-refractivity contribution in [3.05, 3.63) is 54.2 Å². The van der Waals surface area contributed by atoms with Crippen LogP contribution in [0.15, 0.2) is 42.9 Å². The number of imidazole rings is 1. The summed E-state index contributed by atoms with van der Waals surface area (Å²) in [6.45, 7) is 0.671. The normalized spacial score (nSPS) is 10.8. The first kappa shape index (κ1) is 12.4. The zero-order valence-electron chi connectivity index (χ0n) is 10.8. The van der Waals surface area contributed by atoms with E-state index in [1.807, 2.05) is 10.6 Å². The average molecular weight is 271 g/mol.